The van der Waals surface area contributed by atoms with Gasteiger partial charge in [0, 0.05) is 31.3 Å². The molecule has 9 heteroatoms. The van der Waals surface area contributed by atoms with Gasteiger partial charge in [-0.3, -0.25) is 14.9 Å². The first-order valence-corrected chi connectivity index (χ1v) is 9.42. The van der Waals surface area contributed by atoms with Gasteiger partial charge in [-0.1, -0.05) is 0 Å². The number of thiophene rings is 1. The van der Waals surface area contributed by atoms with Crippen LogP contribution >= 0.6 is 11.3 Å². The molecule has 0 radical (unpaired) electrons. The van der Waals surface area contributed by atoms with E-state index in [1.165, 1.54) is 12.1 Å². The average molecular weight is 385 g/mol. The number of carbonyl (C=O) groups is 1. The molecule has 2 heterocycles. The van der Waals surface area contributed by atoms with Crippen LogP contribution in [0, 0.1) is 21.4 Å². The SMILES string of the molecule is N#Cc1cc([N+](=O)[O-])ccc1N1CC[C@H](NC(=O)[C@@H](N)Cc2ccsc2)C1. The molecule has 0 unspecified atom stereocenters. The van der Waals surface area contributed by atoms with E-state index in [1.54, 1.807) is 17.4 Å². The van der Waals surface area contributed by atoms with Crippen molar-refractivity contribution >= 4 is 28.6 Å². The van der Waals surface area contributed by atoms with Crippen LogP contribution in [0.5, 0.6) is 0 Å². The predicted octanol–water partition coefficient (Wildman–Crippen LogP) is 1.79. The van der Waals surface area contributed by atoms with Gasteiger partial charge in [0.15, 0.2) is 0 Å². The van der Waals surface area contributed by atoms with Gasteiger partial charge in [-0.05, 0) is 41.3 Å². The number of nitro benzene ring substituents is 1. The summed E-state index contributed by atoms with van der Waals surface area (Å²) in [5.74, 6) is -0.197. The van der Waals surface area contributed by atoms with Gasteiger partial charge >= 0.3 is 0 Å². The molecular formula is C18H19N5O3S. The summed E-state index contributed by atoms with van der Waals surface area (Å²) in [6, 6.07) is 7.53. The number of amides is 1. The maximum Gasteiger partial charge on any atom is 0.270 e. The van der Waals surface area contributed by atoms with Crippen molar-refractivity contribution in [3.8, 4) is 6.07 Å². The Morgan fingerprint density at radius 2 is 2.33 bits per heavy atom. The monoisotopic (exact) mass is 385 g/mol. The lowest BCUT2D eigenvalue weighted by molar-refractivity contribution is -0.384. The van der Waals surface area contributed by atoms with Crippen LogP contribution in [-0.4, -0.2) is 36.0 Å². The maximum atomic E-state index is 12.3. The highest BCUT2D eigenvalue weighted by atomic mass is 32.1. The van der Waals surface area contributed by atoms with Crippen molar-refractivity contribution in [2.75, 3.05) is 18.0 Å². The Hall–Kier alpha value is -2.96. The van der Waals surface area contributed by atoms with Crippen molar-refractivity contribution < 1.29 is 9.72 Å². The van der Waals surface area contributed by atoms with Crippen LogP contribution < -0.4 is 16.0 Å². The fraction of sp³-hybridized carbons (Fsp3) is 0.333. The number of hydrogen-bond acceptors (Lipinski definition) is 7. The van der Waals surface area contributed by atoms with Gasteiger partial charge < -0.3 is 16.0 Å². The number of non-ortho nitro benzene ring substituents is 1. The molecule has 1 amide bonds. The second kappa shape index (κ2) is 8.16. The van der Waals surface area contributed by atoms with Crippen LogP contribution in [0.2, 0.25) is 0 Å². The third-order valence-corrected chi connectivity index (χ3v) is 5.29. The molecule has 1 aliphatic rings. The minimum Gasteiger partial charge on any atom is -0.368 e. The Morgan fingerprint density at radius 3 is 3.00 bits per heavy atom. The van der Waals surface area contributed by atoms with Crippen molar-refractivity contribution in [3.63, 3.8) is 0 Å². The highest BCUT2D eigenvalue weighted by Gasteiger charge is 2.27. The highest BCUT2D eigenvalue weighted by Crippen LogP contribution is 2.27. The largest absolute Gasteiger partial charge is 0.368 e. The number of carbonyl (C=O) groups excluding carboxylic acids is 1. The molecule has 27 heavy (non-hydrogen) atoms. The maximum absolute atomic E-state index is 12.3. The fourth-order valence-corrected chi connectivity index (χ4v) is 3.84. The Labute approximate surface area is 160 Å². The standard InChI is InChI=1S/C18H19N5O3S/c19-9-13-8-15(23(25)26)1-2-17(13)22-5-3-14(10-22)21-18(24)16(20)7-12-4-6-27-11-12/h1-2,4,6,8,11,14,16H,3,5,7,10,20H2,(H,21,24)/t14-,16-/m0/s1. The summed E-state index contributed by atoms with van der Waals surface area (Å²) in [7, 11) is 0. The lowest BCUT2D eigenvalue weighted by atomic mass is 10.1. The van der Waals surface area contributed by atoms with Gasteiger partial charge in [0.1, 0.15) is 6.07 Å². The number of nitro groups is 1. The number of benzene rings is 1. The van der Waals surface area contributed by atoms with Crippen LogP contribution in [0.1, 0.15) is 17.5 Å². The van der Waals surface area contributed by atoms with Gasteiger partial charge in [0.2, 0.25) is 5.91 Å². The Balaban J connectivity index is 1.61. The third kappa shape index (κ3) is 4.42. The lowest BCUT2D eigenvalue weighted by Gasteiger charge is -2.21. The minimum atomic E-state index is -0.609. The molecule has 0 saturated carbocycles. The van der Waals surface area contributed by atoms with E-state index in [4.69, 9.17) is 5.73 Å². The van der Waals surface area contributed by atoms with Crippen molar-refractivity contribution in [1.82, 2.24) is 5.32 Å². The molecule has 1 saturated heterocycles. The van der Waals surface area contributed by atoms with Gasteiger partial charge in [-0.25, -0.2) is 0 Å². The summed E-state index contributed by atoms with van der Waals surface area (Å²) in [5.41, 5.74) is 7.82. The van der Waals surface area contributed by atoms with Gasteiger partial charge in [0.25, 0.3) is 5.69 Å². The number of hydrogen-bond donors (Lipinski definition) is 2. The molecule has 1 aliphatic heterocycles. The van der Waals surface area contributed by atoms with E-state index in [0.29, 0.717) is 25.2 Å². The number of rotatable bonds is 6. The summed E-state index contributed by atoms with van der Waals surface area (Å²) in [6.45, 7) is 1.18. The molecule has 140 valence electrons. The lowest BCUT2D eigenvalue weighted by Crippen LogP contribution is -2.47. The zero-order chi connectivity index (χ0) is 19.4. The van der Waals surface area contributed by atoms with Crippen molar-refractivity contribution in [1.29, 1.82) is 5.26 Å². The molecule has 3 N–H and O–H groups in total. The topological polar surface area (TPSA) is 125 Å². The first-order valence-electron chi connectivity index (χ1n) is 8.48. The van der Waals surface area contributed by atoms with Crippen molar-refractivity contribution in [2.24, 2.45) is 5.73 Å². The number of nitriles is 1. The number of anilines is 1. The van der Waals surface area contributed by atoms with Crippen LogP contribution in [0.25, 0.3) is 0 Å². The summed E-state index contributed by atoms with van der Waals surface area (Å²) in [6.07, 6.45) is 1.21. The molecule has 0 bridgehead atoms. The zero-order valence-electron chi connectivity index (χ0n) is 14.5. The second-order valence-electron chi connectivity index (χ2n) is 6.45. The van der Waals surface area contributed by atoms with E-state index in [2.05, 4.69) is 5.32 Å². The highest BCUT2D eigenvalue weighted by molar-refractivity contribution is 7.07. The predicted molar refractivity (Wildman–Crippen MR) is 103 cm³/mol. The first-order chi connectivity index (χ1) is 13.0. The van der Waals surface area contributed by atoms with E-state index in [1.807, 2.05) is 27.8 Å². The van der Waals surface area contributed by atoms with E-state index in [-0.39, 0.29) is 23.2 Å². The smallest absolute Gasteiger partial charge is 0.270 e. The van der Waals surface area contributed by atoms with Crippen LogP contribution in [0.4, 0.5) is 11.4 Å². The Morgan fingerprint density at radius 1 is 1.52 bits per heavy atom. The van der Waals surface area contributed by atoms with Gasteiger partial charge in [-0.15, -0.1) is 0 Å². The molecule has 0 spiro atoms. The number of nitrogens with zero attached hydrogens (tertiary/aromatic N) is 3. The van der Waals surface area contributed by atoms with E-state index in [0.717, 1.165) is 12.0 Å². The summed E-state index contributed by atoms with van der Waals surface area (Å²) < 4.78 is 0. The summed E-state index contributed by atoms with van der Waals surface area (Å²) in [4.78, 5) is 24.6. The molecular weight excluding hydrogens is 366 g/mol. The summed E-state index contributed by atoms with van der Waals surface area (Å²) in [5, 5.41) is 27.1. The Bertz CT molecular complexity index is 878. The zero-order valence-corrected chi connectivity index (χ0v) is 15.3. The van der Waals surface area contributed by atoms with Crippen molar-refractivity contribution in [2.45, 2.75) is 24.9 Å². The van der Waals surface area contributed by atoms with E-state index < -0.39 is 11.0 Å². The van der Waals surface area contributed by atoms with Crippen LogP contribution in [-0.2, 0) is 11.2 Å². The molecule has 3 rings (SSSR count). The molecule has 1 aromatic heterocycles. The van der Waals surface area contributed by atoms with Crippen molar-refractivity contribution in [3.05, 3.63) is 56.3 Å². The normalized spacial score (nSPS) is 17.3. The van der Waals surface area contributed by atoms with Gasteiger partial charge in [-0.2, -0.15) is 16.6 Å². The Kier molecular flexibility index (Phi) is 5.69. The van der Waals surface area contributed by atoms with E-state index in [9.17, 15) is 20.2 Å². The summed E-state index contributed by atoms with van der Waals surface area (Å²) >= 11 is 1.57. The third-order valence-electron chi connectivity index (χ3n) is 4.56. The molecule has 2 aromatic rings. The molecule has 2 atom stereocenters. The fourth-order valence-electron chi connectivity index (χ4n) is 3.16. The van der Waals surface area contributed by atoms with Gasteiger partial charge in [0.05, 0.1) is 22.2 Å². The quantitative estimate of drug-likeness (QED) is 0.577. The number of nitrogens with one attached hydrogen (secondary N) is 1. The number of nitrogens with two attached hydrogens (primary N) is 1. The average Bonchev–Trinajstić information content (AvgIpc) is 3.33. The molecule has 1 fully saturated rings. The van der Waals surface area contributed by atoms with E-state index >= 15 is 0 Å². The molecule has 8 nitrogen and oxygen atoms in total. The first kappa shape index (κ1) is 18.8. The van der Waals surface area contributed by atoms with Crippen LogP contribution in [0.15, 0.2) is 35.0 Å². The minimum absolute atomic E-state index is 0.0761. The second-order valence-corrected chi connectivity index (χ2v) is 7.23. The molecule has 1 aromatic carbocycles. The molecule has 0 aliphatic carbocycles. The van der Waals surface area contributed by atoms with Crippen LogP contribution in [0.3, 0.4) is 0 Å².